The lowest BCUT2D eigenvalue weighted by Gasteiger charge is -2.26. The fourth-order valence-corrected chi connectivity index (χ4v) is 3.66. The van der Waals surface area contributed by atoms with Crippen LogP contribution in [0.2, 0.25) is 5.02 Å². The van der Waals surface area contributed by atoms with Crippen molar-refractivity contribution in [2.24, 2.45) is 5.73 Å². The highest BCUT2D eigenvalue weighted by molar-refractivity contribution is 7.80. The molecule has 2 amide bonds. The Morgan fingerprint density at radius 2 is 1.56 bits per heavy atom. The van der Waals surface area contributed by atoms with Crippen LogP contribution in [-0.4, -0.2) is 29.5 Å². The minimum absolute atomic E-state index is 0.129. The van der Waals surface area contributed by atoms with E-state index in [1.165, 1.54) is 6.92 Å². The number of hydrogen-bond acceptors (Lipinski definition) is 4. The molecule has 0 aliphatic rings. The Morgan fingerprint density at radius 3 is 2.09 bits per heavy atom. The average Bonchev–Trinajstić information content (AvgIpc) is 2.73. The molecule has 32 heavy (non-hydrogen) atoms. The van der Waals surface area contributed by atoms with Crippen molar-refractivity contribution in [3.05, 3.63) is 47.5 Å². The van der Waals surface area contributed by atoms with Crippen LogP contribution in [-0.2, 0) is 9.59 Å². The molecule has 0 aliphatic carbocycles. The molecule has 2 aromatic carbocycles. The monoisotopic (exact) mass is 475 g/mol. The van der Waals surface area contributed by atoms with Crippen LogP contribution in [0.4, 0.5) is 22.7 Å². The second-order valence-corrected chi connectivity index (χ2v) is 8.20. The number of nitrogens with one attached hydrogen (secondary N) is 3. The van der Waals surface area contributed by atoms with E-state index in [0.717, 1.165) is 18.5 Å². The van der Waals surface area contributed by atoms with Gasteiger partial charge in [-0.2, -0.15) is 0 Å². The van der Waals surface area contributed by atoms with E-state index >= 15 is 0 Å². The summed E-state index contributed by atoms with van der Waals surface area (Å²) in [7, 11) is 0. The Hall–Kier alpha value is -2.68. The highest BCUT2D eigenvalue weighted by atomic mass is 35.5. The van der Waals surface area contributed by atoms with Gasteiger partial charge in [0, 0.05) is 30.5 Å². The van der Waals surface area contributed by atoms with Crippen LogP contribution in [0.5, 0.6) is 0 Å². The van der Waals surface area contributed by atoms with E-state index < -0.39 is 6.04 Å². The first kappa shape index (κ1) is 25.6. The first-order valence-electron chi connectivity index (χ1n) is 10.6. The van der Waals surface area contributed by atoms with E-state index in [9.17, 15) is 9.59 Å². The number of nitrogens with zero attached hydrogens (tertiary/aromatic N) is 1. The molecule has 1 atom stereocenters. The van der Waals surface area contributed by atoms with Gasteiger partial charge in [0.15, 0.2) is 5.11 Å². The molecular weight excluding hydrogens is 446 g/mol. The van der Waals surface area contributed by atoms with E-state index in [0.29, 0.717) is 40.2 Å². The van der Waals surface area contributed by atoms with Crippen molar-refractivity contribution in [2.75, 3.05) is 27.4 Å². The molecule has 5 N–H and O–H groups in total. The average molecular weight is 476 g/mol. The Kier molecular flexibility index (Phi) is 9.90. The molecule has 2 rings (SSSR count). The van der Waals surface area contributed by atoms with Gasteiger partial charge in [0.1, 0.15) is 0 Å². The molecule has 2 aromatic rings. The summed E-state index contributed by atoms with van der Waals surface area (Å²) in [6, 6.07) is 12.0. The van der Waals surface area contributed by atoms with Crippen molar-refractivity contribution < 1.29 is 9.59 Å². The summed E-state index contributed by atoms with van der Waals surface area (Å²) >= 11 is 11.9. The molecule has 7 nitrogen and oxygen atoms in total. The third-order valence-corrected chi connectivity index (χ3v) is 5.10. The third kappa shape index (κ3) is 7.47. The minimum atomic E-state index is -0.547. The summed E-state index contributed by atoms with van der Waals surface area (Å²) in [5.41, 5.74) is 8.84. The van der Waals surface area contributed by atoms with Gasteiger partial charge in [-0.3, -0.25) is 9.59 Å². The molecular formula is C23H30ClN5O2S. The quantitative estimate of drug-likeness (QED) is 0.382. The van der Waals surface area contributed by atoms with Crippen molar-refractivity contribution in [3.63, 3.8) is 0 Å². The molecule has 1 unspecified atom stereocenters. The van der Waals surface area contributed by atoms with Crippen LogP contribution in [0.25, 0.3) is 0 Å². The minimum Gasteiger partial charge on any atom is -0.332 e. The Balaban J connectivity index is 2.07. The van der Waals surface area contributed by atoms with Crippen LogP contribution in [0, 0.1) is 0 Å². The van der Waals surface area contributed by atoms with Gasteiger partial charge in [-0.25, -0.2) is 0 Å². The molecule has 9 heteroatoms. The second-order valence-electron chi connectivity index (χ2n) is 7.39. The van der Waals surface area contributed by atoms with E-state index in [2.05, 4.69) is 16.0 Å². The number of carbonyl (C=O) groups excluding carboxylic acids is 2. The molecule has 0 heterocycles. The van der Waals surface area contributed by atoms with Gasteiger partial charge in [0.05, 0.1) is 16.8 Å². The lowest BCUT2D eigenvalue weighted by molar-refractivity contribution is -0.120. The Labute approximate surface area is 199 Å². The summed E-state index contributed by atoms with van der Waals surface area (Å²) in [6.07, 6.45) is 2.25. The van der Waals surface area contributed by atoms with Crippen LogP contribution in [0.15, 0.2) is 42.5 Å². The smallest absolute Gasteiger partial charge is 0.243 e. The number of rotatable bonds is 9. The number of anilines is 4. The molecule has 172 valence electrons. The summed E-state index contributed by atoms with van der Waals surface area (Å²) in [5, 5.41) is 9.69. The predicted octanol–water partition coefficient (Wildman–Crippen LogP) is 4.98. The standard InChI is InChI=1S/C23H30ClN5O2S/c1-4-6-20(25)22(31)29(13-5-2)21-12-11-18(14-19(21)24)28-23(32)27-17-9-7-16(8-10-17)26-15(3)30/h7-12,14,20H,4-6,13,25H2,1-3H3,(H,26,30)(H2,27,28,32). The van der Waals surface area contributed by atoms with Crippen LogP contribution in [0.3, 0.4) is 0 Å². The normalized spacial score (nSPS) is 11.4. The van der Waals surface area contributed by atoms with E-state index in [1.807, 2.05) is 32.0 Å². The van der Waals surface area contributed by atoms with E-state index in [-0.39, 0.29) is 11.8 Å². The maximum Gasteiger partial charge on any atom is 0.243 e. The van der Waals surface area contributed by atoms with E-state index in [4.69, 9.17) is 29.6 Å². The number of thiocarbonyl (C=S) groups is 1. The lowest BCUT2D eigenvalue weighted by atomic mass is 10.1. The van der Waals surface area contributed by atoms with Crippen LogP contribution < -0.4 is 26.6 Å². The van der Waals surface area contributed by atoms with Gasteiger partial charge in [0.25, 0.3) is 0 Å². The predicted molar refractivity (Wildman–Crippen MR) is 138 cm³/mol. The fraction of sp³-hybridized carbons (Fsp3) is 0.348. The fourth-order valence-electron chi connectivity index (χ4n) is 3.14. The van der Waals surface area contributed by atoms with Gasteiger partial charge < -0.3 is 26.6 Å². The third-order valence-electron chi connectivity index (χ3n) is 4.59. The SMILES string of the molecule is CCCC(N)C(=O)N(CCC)c1ccc(NC(=S)Nc2ccc(NC(C)=O)cc2)cc1Cl. The van der Waals surface area contributed by atoms with Gasteiger partial charge >= 0.3 is 0 Å². The number of nitrogens with two attached hydrogens (primary N) is 1. The van der Waals surface area contributed by atoms with Crippen molar-refractivity contribution in [1.82, 2.24) is 0 Å². The maximum atomic E-state index is 12.8. The topological polar surface area (TPSA) is 99.5 Å². The summed E-state index contributed by atoms with van der Waals surface area (Å²) in [4.78, 5) is 25.6. The molecule has 0 bridgehead atoms. The number of halogens is 1. The zero-order chi connectivity index (χ0) is 23.7. The lowest BCUT2D eigenvalue weighted by Crippen LogP contribution is -2.44. The maximum absolute atomic E-state index is 12.8. The van der Waals surface area contributed by atoms with Gasteiger partial charge in [-0.1, -0.05) is 31.9 Å². The van der Waals surface area contributed by atoms with Crippen LogP contribution >= 0.6 is 23.8 Å². The largest absolute Gasteiger partial charge is 0.332 e. The number of amides is 2. The summed E-state index contributed by atoms with van der Waals surface area (Å²) in [6.45, 7) is 6.00. The second kappa shape index (κ2) is 12.4. The highest BCUT2D eigenvalue weighted by Gasteiger charge is 2.23. The van der Waals surface area contributed by atoms with Gasteiger partial charge in [-0.05, 0) is 67.5 Å². The van der Waals surface area contributed by atoms with Crippen molar-refractivity contribution in [2.45, 2.75) is 46.1 Å². The molecule has 0 radical (unpaired) electrons. The number of hydrogen-bond donors (Lipinski definition) is 4. The first-order valence-corrected chi connectivity index (χ1v) is 11.4. The number of benzene rings is 2. The molecule has 0 aliphatic heterocycles. The summed E-state index contributed by atoms with van der Waals surface area (Å²) < 4.78 is 0. The zero-order valence-electron chi connectivity index (χ0n) is 18.6. The molecule has 0 fully saturated rings. The molecule has 0 aromatic heterocycles. The first-order chi connectivity index (χ1) is 15.2. The Morgan fingerprint density at radius 1 is 1.00 bits per heavy atom. The van der Waals surface area contributed by atoms with Crippen molar-refractivity contribution >= 4 is 63.5 Å². The van der Waals surface area contributed by atoms with Crippen LogP contribution in [0.1, 0.15) is 40.0 Å². The highest BCUT2D eigenvalue weighted by Crippen LogP contribution is 2.30. The van der Waals surface area contributed by atoms with Gasteiger partial charge in [-0.15, -0.1) is 0 Å². The zero-order valence-corrected chi connectivity index (χ0v) is 20.1. The van der Waals surface area contributed by atoms with Gasteiger partial charge in [0.2, 0.25) is 11.8 Å². The molecule has 0 saturated carbocycles. The summed E-state index contributed by atoms with van der Waals surface area (Å²) in [5.74, 6) is -0.258. The Bertz CT molecular complexity index is 952. The molecule has 0 saturated heterocycles. The van der Waals surface area contributed by atoms with Crippen molar-refractivity contribution in [1.29, 1.82) is 0 Å². The number of carbonyl (C=O) groups is 2. The van der Waals surface area contributed by atoms with Crippen molar-refractivity contribution in [3.8, 4) is 0 Å². The van der Waals surface area contributed by atoms with E-state index in [1.54, 1.807) is 29.2 Å². The molecule has 0 spiro atoms.